The summed E-state index contributed by atoms with van der Waals surface area (Å²) in [6.07, 6.45) is 9.71. The van der Waals surface area contributed by atoms with Gasteiger partial charge in [0.15, 0.2) is 5.96 Å². The van der Waals surface area contributed by atoms with Crippen molar-refractivity contribution in [2.45, 2.75) is 58.9 Å². The number of fused-ring (bicyclic) bond motifs is 1. The lowest BCUT2D eigenvalue weighted by atomic mass is 10.1. The van der Waals surface area contributed by atoms with Gasteiger partial charge in [-0.2, -0.15) is 0 Å². The second kappa shape index (κ2) is 9.18. The molecule has 0 saturated heterocycles. The van der Waals surface area contributed by atoms with Gasteiger partial charge in [0.2, 0.25) is 0 Å². The number of hydrogen-bond donors (Lipinski definition) is 2. The minimum Gasteiger partial charge on any atom is -0.370 e. The lowest BCUT2D eigenvalue weighted by Gasteiger charge is -2.05. The number of hydrogen-bond acceptors (Lipinski definition) is 2. The van der Waals surface area contributed by atoms with Gasteiger partial charge < -0.3 is 15.5 Å². The number of aliphatic imine (C=N–C) groups is 1. The summed E-state index contributed by atoms with van der Waals surface area (Å²) in [5.74, 6) is 0.507. The standard InChI is InChI=1S/C18H29N5/c1-3-4-5-6-7-8-12-20-18(19)21-13-16-14-23-15(2)10-9-11-17(23)22-16/h9-11,14H,3-8,12-13H2,1-2H3,(H3,19,20,21). The maximum atomic E-state index is 5.91. The van der Waals surface area contributed by atoms with Crippen molar-refractivity contribution >= 4 is 11.6 Å². The molecule has 0 aliphatic heterocycles. The van der Waals surface area contributed by atoms with E-state index in [0.29, 0.717) is 12.5 Å². The molecule has 2 aromatic rings. The van der Waals surface area contributed by atoms with E-state index < -0.39 is 0 Å². The van der Waals surface area contributed by atoms with E-state index in [1.807, 2.05) is 18.3 Å². The number of unbranched alkanes of at least 4 members (excludes halogenated alkanes) is 5. The Morgan fingerprint density at radius 2 is 2.00 bits per heavy atom. The van der Waals surface area contributed by atoms with Crippen molar-refractivity contribution in [1.82, 2.24) is 14.7 Å². The molecule has 0 amide bonds. The summed E-state index contributed by atoms with van der Waals surface area (Å²) in [4.78, 5) is 8.93. The third-order valence-corrected chi connectivity index (χ3v) is 3.99. The zero-order valence-electron chi connectivity index (χ0n) is 14.4. The molecule has 5 nitrogen and oxygen atoms in total. The predicted molar refractivity (Wildman–Crippen MR) is 96.6 cm³/mol. The molecule has 5 heteroatoms. The van der Waals surface area contributed by atoms with Crippen molar-refractivity contribution in [2.24, 2.45) is 10.7 Å². The van der Waals surface area contributed by atoms with E-state index in [1.54, 1.807) is 0 Å². The molecule has 0 aliphatic carbocycles. The number of imidazole rings is 1. The molecule has 0 atom stereocenters. The van der Waals surface area contributed by atoms with Crippen molar-refractivity contribution in [3.05, 3.63) is 35.8 Å². The Morgan fingerprint density at radius 1 is 1.22 bits per heavy atom. The Kier molecular flexibility index (Phi) is 6.91. The number of nitrogens with two attached hydrogens (primary N) is 1. The van der Waals surface area contributed by atoms with Crippen molar-refractivity contribution in [1.29, 1.82) is 0 Å². The van der Waals surface area contributed by atoms with E-state index in [9.17, 15) is 0 Å². The highest BCUT2D eigenvalue weighted by Crippen LogP contribution is 2.09. The molecular weight excluding hydrogens is 286 g/mol. The molecule has 0 unspecified atom stereocenters. The van der Waals surface area contributed by atoms with Crippen molar-refractivity contribution in [3.63, 3.8) is 0 Å². The molecule has 2 rings (SSSR count). The second-order valence-electron chi connectivity index (χ2n) is 6.02. The van der Waals surface area contributed by atoms with E-state index in [-0.39, 0.29) is 0 Å². The van der Waals surface area contributed by atoms with Crippen LogP contribution in [0.1, 0.15) is 56.8 Å². The van der Waals surface area contributed by atoms with Crippen LogP contribution < -0.4 is 11.1 Å². The van der Waals surface area contributed by atoms with Gasteiger partial charge in [-0.1, -0.05) is 45.1 Å². The summed E-state index contributed by atoms with van der Waals surface area (Å²) in [7, 11) is 0. The monoisotopic (exact) mass is 315 g/mol. The van der Waals surface area contributed by atoms with Crippen LogP contribution in [0.3, 0.4) is 0 Å². The van der Waals surface area contributed by atoms with Crippen LogP contribution in [0.4, 0.5) is 0 Å². The first-order valence-electron chi connectivity index (χ1n) is 8.68. The van der Waals surface area contributed by atoms with Crippen LogP contribution in [0.25, 0.3) is 5.65 Å². The molecular formula is C18H29N5. The lowest BCUT2D eigenvalue weighted by Crippen LogP contribution is -2.32. The molecule has 23 heavy (non-hydrogen) atoms. The normalized spacial score (nSPS) is 12.0. The summed E-state index contributed by atoms with van der Waals surface area (Å²) in [6, 6.07) is 6.08. The van der Waals surface area contributed by atoms with Gasteiger partial charge in [-0.25, -0.2) is 9.98 Å². The van der Waals surface area contributed by atoms with Crippen molar-refractivity contribution < 1.29 is 0 Å². The molecule has 0 fully saturated rings. The van der Waals surface area contributed by atoms with E-state index in [1.165, 1.54) is 37.8 Å². The Hall–Kier alpha value is -2.04. The molecule has 0 aliphatic rings. The van der Waals surface area contributed by atoms with Gasteiger partial charge in [0.05, 0.1) is 12.2 Å². The van der Waals surface area contributed by atoms with E-state index in [0.717, 1.165) is 24.3 Å². The average Bonchev–Trinajstić information content (AvgIpc) is 2.97. The zero-order chi connectivity index (χ0) is 16.5. The number of aryl methyl sites for hydroxylation is 1. The Bertz CT molecular complexity index is 629. The second-order valence-corrected chi connectivity index (χ2v) is 6.02. The quantitative estimate of drug-likeness (QED) is 0.423. The maximum Gasteiger partial charge on any atom is 0.188 e. The molecule has 2 aromatic heterocycles. The van der Waals surface area contributed by atoms with Gasteiger partial charge in [-0.15, -0.1) is 0 Å². The van der Waals surface area contributed by atoms with Crippen LogP contribution in [-0.2, 0) is 6.54 Å². The fraction of sp³-hybridized carbons (Fsp3) is 0.556. The molecule has 0 radical (unpaired) electrons. The van der Waals surface area contributed by atoms with Crippen molar-refractivity contribution in [3.8, 4) is 0 Å². The van der Waals surface area contributed by atoms with Crippen LogP contribution in [-0.4, -0.2) is 21.9 Å². The first-order chi connectivity index (χ1) is 11.2. The Morgan fingerprint density at radius 3 is 2.78 bits per heavy atom. The summed E-state index contributed by atoms with van der Waals surface area (Å²) < 4.78 is 2.07. The minimum absolute atomic E-state index is 0.507. The van der Waals surface area contributed by atoms with Crippen LogP contribution in [0.5, 0.6) is 0 Å². The van der Waals surface area contributed by atoms with Gasteiger partial charge in [-0.3, -0.25) is 0 Å². The van der Waals surface area contributed by atoms with E-state index in [4.69, 9.17) is 5.73 Å². The predicted octanol–water partition coefficient (Wildman–Crippen LogP) is 3.41. The van der Waals surface area contributed by atoms with Crippen LogP contribution in [0, 0.1) is 6.92 Å². The molecule has 126 valence electrons. The minimum atomic E-state index is 0.507. The van der Waals surface area contributed by atoms with Gasteiger partial charge >= 0.3 is 0 Å². The number of nitrogens with zero attached hydrogens (tertiary/aromatic N) is 3. The first kappa shape index (κ1) is 17.3. The lowest BCUT2D eigenvalue weighted by molar-refractivity contribution is 0.601. The Labute approximate surface area is 139 Å². The Balaban J connectivity index is 1.72. The largest absolute Gasteiger partial charge is 0.370 e. The molecule has 0 aromatic carbocycles. The van der Waals surface area contributed by atoms with E-state index in [2.05, 4.69) is 39.6 Å². The summed E-state index contributed by atoms with van der Waals surface area (Å²) in [5, 5.41) is 3.18. The first-order valence-corrected chi connectivity index (χ1v) is 8.68. The summed E-state index contributed by atoms with van der Waals surface area (Å²) in [5.41, 5.74) is 8.97. The average molecular weight is 315 g/mol. The molecule has 0 bridgehead atoms. The molecule has 0 spiro atoms. The van der Waals surface area contributed by atoms with Crippen LogP contribution in [0.2, 0.25) is 0 Å². The topological polar surface area (TPSA) is 67.7 Å². The third kappa shape index (κ3) is 5.58. The highest BCUT2D eigenvalue weighted by Gasteiger charge is 2.02. The fourth-order valence-electron chi connectivity index (χ4n) is 2.62. The molecule has 2 heterocycles. The highest BCUT2D eigenvalue weighted by molar-refractivity contribution is 5.77. The fourth-order valence-corrected chi connectivity index (χ4v) is 2.62. The van der Waals surface area contributed by atoms with E-state index >= 15 is 0 Å². The van der Waals surface area contributed by atoms with Gasteiger partial charge in [0.1, 0.15) is 5.65 Å². The van der Waals surface area contributed by atoms with Gasteiger partial charge in [0, 0.05) is 18.4 Å². The van der Waals surface area contributed by atoms with Crippen LogP contribution >= 0.6 is 0 Å². The van der Waals surface area contributed by atoms with Crippen molar-refractivity contribution in [2.75, 3.05) is 6.54 Å². The number of pyridine rings is 1. The number of nitrogens with one attached hydrogen (secondary N) is 1. The maximum absolute atomic E-state index is 5.91. The third-order valence-electron chi connectivity index (χ3n) is 3.99. The number of guanidine groups is 1. The molecule has 0 saturated carbocycles. The van der Waals surface area contributed by atoms with Crippen LogP contribution in [0.15, 0.2) is 29.4 Å². The summed E-state index contributed by atoms with van der Waals surface area (Å²) >= 11 is 0. The SMILES string of the molecule is CCCCCCCCNC(N)=NCc1cn2c(C)cccc2n1. The summed E-state index contributed by atoms with van der Waals surface area (Å²) in [6.45, 7) is 5.71. The molecule has 3 N–H and O–H groups in total. The number of aromatic nitrogens is 2. The zero-order valence-corrected chi connectivity index (χ0v) is 14.4. The van der Waals surface area contributed by atoms with Gasteiger partial charge in [-0.05, 0) is 25.5 Å². The van der Waals surface area contributed by atoms with Gasteiger partial charge in [0.25, 0.3) is 0 Å². The highest BCUT2D eigenvalue weighted by atomic mass is 15.1. The smallest absolute Gasteiger partial charge is 0.188 e. The number of rotatable bonds is 9.